The number of aromatic amines is 1. The molecule has 0 aliphatic rings. The topological polar surface area (TPSA) is 131 Å². The van der Waals surface area contributed by atoms with Crippen LogP contribution in [0.15, 0.2) is 53.7 Å². The Balaban J connectivity index is 1.79. The number of sulfonamides is 1. The lowest BCUT2D eigenvalue weighted by molar-refractivity contribution is -0.116. The standard InChI is InChI=1S/C17H16ClN5O3S/c18-13-4-1-11(2-5-13)3-6-14(24)21-17-16(27(19,25)26)15(22-23-17)12-7-9-20-10-8-12/h1-2,4-5,7-10H,3,6H2,(H2,19,25,26)(H2,21,22,23,24). The lowest BCUT2D eigenvalue weighted by atomic mass is 10.1. The molecule has 8 nitrogen and oxygen atoms in total. The first-order valence-corrected chi connectivity index (χ1v) is 9.83. The van der Waals surface area contributed by atoms with Crippen molar-refractivity contribution < 1.29 is 13.2 Å². The molecule has 10 heteroatoms. The van der Waals surface area contributed by atoms with Crippen molar-refractivity contribution in [3.8, 4) is 11.3 Å². The van der Waals surface area contributed by atoms with Crippen LogP contribution in [-0.2, 0) is 21.2 Å². The predicted octanol–water partition coefficient (Wildman–Crippen LogP) is 2.34. The number of carbonyl (C=O) groups excluding carboxylic acids is 1. The number of amides is 1. The van der Waals surface area contributed by atoms with Crippen LogP contribution >= 0.6 is 11.6 Å². The van der Waals surface area contributed by atoms with E-state index < -0.39 is 10.0 Å². The number of nitrogens with zero attached hydrogens (tertiary/aromatic N) is 2. The number of carbonyl (C=O) groups is 1. The molecule has 0 saturated carbocycles. The number of nitrogens with one attached hydrogen (secondary N) is 2. The van der Waals surface area contributed by atoms with E-state index in [1.54, 1.807) is 24.3 Å². The van der Waals surface area contributed by atoms with E-state index in [9.17, 15) is 13.2 Å². The van der Waals surface area contributed by atoms with Crippen molar-refractivity contribution in [2.24, 2.45) is 5.14 Å². The molecule has 0 aliphatic carbocycles. The van der Waals surface area contributed by atoms with E-state index in [-0.39, 0.29) is 28.7 Å². The van der Waals surface area contributed by atoms with Crippen LogP contribution in [0.25, 0.3) is 11.3 Å². The Kier molecular flexibility index (Phi) is 5.54. The third-order valence-corrected chi connectivity index (χ3v) is 5.00. The number of primary sulfonamides is 1. The number of halogens is 1. The number of rotatable bonds is 6. The van der Waals surface area contributed by atoms with Gasteiger partial charge in [0.1, 0.15) is 11.5 Å². The fourth-order valence-electron chi connectivity index (χ4n) is 2.51. The molecule has 0 saturated heterocycles. The van der Waals surface area contributed by atoms with Crippen LogP contribution in [0.1, 0.15) is 12.0 Å². The Labute approximate surface area is 160 Å². The average Bonchev–Trinajstić information content (AvgIpc) is 3.06. The van der Waals surface area contributed by atoms with Gasteiger partial charge in [-0.3, -0.25) is 14.9 Å². The second-order valence-corrected chi connectivity index (χ2v) is 7.67. The maximum atomic E-state index is 12.2. The monoisotopic (exact) mass is 405 g/mol. The minimum Gasteiger partial charge on any atom is -0.310 e. The van der Waals surface area contributed by atoms with Crippen molar-refractivity contribution in [3.63, 3.8) is 0 Å². The minimum absolute atomic E-state index is 0.0644. The average molecular weight is 406 g/mol. The van der Waals surface area contributed by atoms with Crippen LogP contribution in [0.5, 0.6) is 0 Å². The zero-order valence-corrected chi connectivity index (χ0v) is 15.6. The normalized spacial score (nSPS) is 11.3. The molecular formula is C17H16ClN5O3S. The molecule has 0 aliphatic heterocycles. The molecule has 3 aromatic rings. The first-order valence-electron chi connectivity index (χ1n) is 7.90. The van der Waals surface area contributed by atoms with Gasteiger partial charge in [-0.1, -0.05) is 23.7 Å². The molecule has 3 rings (SSSR count). The molecule has 140 valence electrons. The van der Waals surface area contributed by atoms with Crippen LogP contribution in [0.3, 0.4) is 0 Å². The van der Waals surface area contributed by atoms with Crippen molar-refractivity contribution in [2.75, 3.05) is 5.32 Å². The molecule has 0 radical (unpaired) electrons. The van der Waals surface area contributed by atoms with Crippen molar-refractivity contribution in [1.29, 1.82) is 0 Å². The summed E-state index contributed by atoms with van der Waals surface area (Å²) in [5, 5.41) is 15.0. The maximum absolute atomic E-state index is 12.2. The lowest BCUT2D eigenvalue weighted by Crippen LogP contribution is -2.18. The Bertz CT molecular complexity index is 1050. The van der Waals surface area contributed by atoms with E-state index in [2.05, 4.69) is 20.5 Å². The summed E-state index contributed by atoms with van der Waals surface area (Å²) in [6.07, 6.45) is 3.62. The summed E-state index contributed by atoms with van der Waals surface area (Å²) in [6, 6.07) is 10.3. The Morgan fingerprint density at radius 3 is 2.44 bits per heavy atom. The number of benzene rings is 1. The summed E-state index contributed by atoms with van der Waals surface area (Å²) >= 11 is 5.83. The first-order chi connectivity index (χ1) is 12.8. The van der Waals surface area contributed by atoms with E-state index in [0.717, 1.165) is 5.56 Å². The molecule has 1 aromatic carbocycles. The molecule has 4 N–H and O–H groups in total. The Hall–Kier alpha value is -2.75. The van der Waals surface area contributed by atoms with Gasteiger partial charge in [-0.05, 0) is 36.2 Å². The number of nitrogens with two attached hydrogens (primary N) is 1. The molecule has 2 aromatic heterocycles. The van der Waals surface area contributed by atoms with Gasteiger partial charge in [0.15, 0.2) is 4.90 Å². The van der Waals surface area contributed by atoms with Crippen LogP contribution in [-0.4, -0.2) is 29.5 Å². The van der Waals surface area contributed by atoms with Gasteiger partial charge >= 0.3 is 0 Å². The van der Waals surface area contributed by atoms with Gasteiger partial charge in [0.2, 0.25) is 15.9 Å². The molecule has 0 bridgehead atoms. The second kappa shape index (κ2) is 7.87. The smallest absolute Gasteiger partial charge is 0.243 e. The predicted molar refractivity (Wildman–Crippen MR) is 102 cm³/mol. The van der Waals surface area contributed by atoms with Crippen LogP contribution < -0.4 is 10.5 Å². The van der Waals surface area contributed by atoms with E-state index in [4.69, 9.17) is 16.7 Å². The first kappa shape index (κ1) is 19.0. The maximum Gasteiger partial charge on any atom is 0.243 e. The third-order valence-electron chi connectivity index (χ3n) is 3.78. The number of H-pyrrole nitrogens is 1. The van der Waals surface area contributed by atoms with Crippen molar-refractivity contribution >= 4 is 33.3 Å². The van der Waals surface area contributed by atoms with Crippen LogP contribution in [0.2, 0.25) is 5.02 Å². The molecular weight excluding hydrogens is 390 g/mol. The van der Waals surface area contributed by atoms with Gasteiger partial charge in [0.05, 0.1) is 0 Å². The third kappa shape index (κ3) is 4.70. The zero-order valence-electron chi connectivity index (χ0n) is 14.0. The SMILES string of the molecule is NS(=O)(=O)c1c(-c2ccncc2)n[nH]c1NC(=O)CCc1ccc(Cl)cc1. The van der Waals surface area contributed by atoms with Crippen molar-refractivity contribution in [1.82, 2.24) is 15.2 Å². The summed E-state index contributed by atoms with van der Waals surface area (Å²) in [6.45, 7) is 0. The summed E-state index contributed by atoms with van der Waals surface area (Å²) in [5.74, 6) is -0.440. The molecule has 27 heavy (non-hydrogen) atoms. The molecule has 1 amide bonds. The van der Waals surface area contributed by atoms with E-state index in [1.807, 2.05) is 12.1 Å². The fourth-order valence-corrected chi connectivity index (χ4v) is 3.45. The number of aromatic nitrogens is 3. The van der Waals surface area contributed by atoms with E-state index in [0.29, 0.717) is 17.0 Å². The number of hydrogen-bond donors (Lipinski definition) is 3. The summed E-state index contributed by atoms with van der Waals surface area (Å²) in [7, 11) is -4.13. The van der Waals surface area contributed by atoms with E-state index in [1.165, 1.54) is 12.4 Å². The number of aryl methyl sites for hydroxylation is 1. The molecule has 0 unspecified atom stereocenters. The lowest BCUT2D eigenvalue weighted by Gasteiger charge is -2.06. The Morgan fingerprint density at radius 2 is 1.81 bits per heavy atom. The number of pyridine rings is 1. The van der Waals surface area contributed by atoms with Gasteiger partial charge in [-0.2, -0.15) is 5.10 Å². The highest BCUT2D eigenvalue weighted by molar-refractivity contribution is 7.89. The largest absolute Gasteiger partial charge is 0.310 e. The highest BCUT2D eigenvalue weighted by Crippen LogP contribution is 2.29. The summed E-state index contributed by atoms with van der Waals surface area (Å²) in [4.78, 5) is 15.9. The van der Waals surface area contributed by atoms with Gasteiger partial charge in [0.25, 0.3) is 0 Å². The molecule has 2 heterocycles. The van der Waals surface area contributed by atoms with Gasteiger partial charge in [0, 0.05) is 29.4 Å². The van der Waals surface area contributed by atoms with E-state index >= 15 is 0 Å². The molecule has 0 atom stereocenters. The molecule has 0 fully saturated rings. The number of hydrogen-bond acceptors (Lipinski definition) is 5. The number of anilines is 1. The van der Waals surface area contributed by atoms with Crippen molar-refractivity contribution in [2.45, 2.75) is 17.7 Å². The highest BCUT2D eigenvalue weighted by atomic mass is 35.5. The second-order valence-electron chi connectivity index (χ2n) is 5.73. The Morgan fingerprint density at radius 1 is 1.15 bits per heavy atom. The van der Waals surface area contributed by atoms with Crippen molar-refractivity contribution in [3.05, 3.63) is 59.4 Å². The van der Waals surface area contributed by atoms with Crippen LogP contribution in [0, 0.1) is 0 Å². The van der Waals surface area contributed by atoms with Gasteiger partial charge in [-0.25, -0.2) is 13.6 Å². The minimum atomic E-state index is -4.13. The van der Waals surface area contributed by atoms with Gasteiger partial charge in [-0.15, -0.1) is 0 Å². The fraction of sp³-hybridized carbons (Fsp3) is 0.118. The quantitative estimate of drug-likeness (QED) is 0.579. The zero-order chi connectivity index (χ0) is 19.4. The highest BCUT2D eigenvalue weighted by Gasteiger charge is 2.25. The summed E-state index contributed by atoms with van der Waals surface area (Å²) < 4.78 is 24.1. The molecule has 0 spiro atoms. The van der Waals surface area contributed by atoms with Crippen LogP contribution in [0.4, 0.5) is 5.82 Å². The summed E-state index contributed by atoms with van der Waals surface area (Å²) in [5.41, 5.74) is 1.56. The van der Waals surface area contributed by atoms with Gasteiger partial charge < -0.3 is 5.32 Å².